The Hall–Kier alpha value is -1.59. The first-order valence-electron chi connectivity index (χ1n) is 13.6. The van der Waals surface area contributed by atoms with Crippen LogP contribution in [-0.4, -0.2) is 25.2 Å². The van der Waals surface area contributed by atoms with E-state index in [1.54, 1.807) is 18.2 Å². The lowest BCUT2D eigenvalue weighted by atomic mass is 9.77. The first kappa shape index (κ1) is 26.5. The molecule has 1 aromatic carbocycles. The molecule has 0 amide bonds. The Bertz CT molecular complexity index is 859. The Kier molecular flexibility index (Phi) is 9.15. The number of allylic oxidation sites excluding steroid dienone is 3. The van der Waals surface area contributed by atoms with Gasteiger partial charge in [-0.3, -0.25) is 0 Å². The van der Waals surface area contributed by atoms with Gasteiger partial charge >= 0.3 is 0 Å². The van der Waals surface area contributed by atoms with Crippen LogP contribution in [0, 0.1) is 29.4 Å². The third-order valence-electron chi connectivity index (χ3n) is 8.52. The third kappa shape index (κ3) is 6.60. The lowest BCUT2D eigenvalue weighted by Gasteiger charge is -2.39. The van der Waals surface area contributed by atoms with Gasteiger partial charge in [-0.15, -0.1) is 6.58 Å². The highest BCUT2D eigenvalue weighted by Crippen LogP contribution is 2.40. The van der Waals surface area contributed by atoms with Crippen molar-refractivity contribution in [3.05, 3.63) is 59.7 Å². The molecule has 0 spiro atoms. The monoisotopic (exact) mass is 490 g/mol. The quantitative estimate of drug-likeness (QED) is 0.342. The molecule has 4 rings (SSSR count). The summed E-state index contributed by atoms with van der Waals surface area (Å²) >= 11 is 0. The first-order valence-corrected chi connectivity index (χ1v) is 13.6. The molecule has 2 saturated carbocycles. The Labute approximate surface area is 209 Å². The van der Waals surface area contributed by atoms with E-state index in [0.29, 0.717) is 48.1 Å². The maximum Gasteiger partial charge on any atom is 0.162 e. The molecule has 2 aliphatic carbocycles. The highest BCUT2D eigenvalue weighted by Gasteiger charge is 2.39. The van der Waals surface area contributed by atoms with E-state index in [9.17, 15) is 13.2 Å². The molecule has 35 heavy (non-hydrogen) atoms. The Morgan fingerprint density at radius 2 is 1.51 bits per heavy atom. The minimum absolute atomic E-state index is 0.101. The summed E-state index contributed by atoms with van der Waals surface area (Å²) in [6.45, 7) is 5.78. The molecule has 3 fully saturated rings. The van der Waals surface area contributed by atoms with E-state index >= 15 is 0 Å². The lowest BCUT2D eigenvalue weighted by molar-refractivity contribution is -0.256. The van der Waals surface area contributed by atoms with Crippen LogP contribution in [-0.2, 0) is 15.9 Å². The largest absolute Gasteiger partial charge is 0.349 e. The van der Waals surface area contributed by atoms with Crippen LogP contribution in [0.1, 0.15) is 88.2 Å². The summed E-state index contributed by atoms with van der Waals surface area (Å²) in [4.78, 5) is 0. The minimum Gasteiger partial charge on any atom is -0.349 e. The topological polar surface area (TPSA) is 18.5 Å². The number of hydrogen-bond donors (Lipinski definition) is 0. The lowest BCUT2D eigenvalue weighted by Crippen LogP contribution is -2.46. The van der Waals surface area contributed by atoms with Gasteiger partial charge in [-0.2, -0.15) is 0 Å². The molecule has 5 heteroatoms. The molecular weight excluding hydrogens is 449 g/mol. The fourth-order valence-corrected chi connectivity index (χ4v) is 5.95. The Balaban J connectivity index is 1.21. The van der Waals surface area contributed by atoms with Crippen molar-refractivity contribution in [3.8, 4) is 0 Å². The van der Waals surface area contributed by atoms with E-state index in [-0.39, 0.29) is 25.4 Å². The molecule has 1 heterocycles. The molecule has 0 bridgehead atoms. The van der Waals surface area contributed by atoms with Crippen LogP contribution in [0.5, 0.6) is 0 Å². The van der Waals surface area contributed by atoms with E-state index in [1.807, 2.05) is 6.92 Å². The van der Waals surface area contributed by atoms with Crippen molar-refractivity contribution < 1.29 is 22.6 Å². The standard InChI is InChI=1S/C30H41F3O2/c1-3-5-6-24-17-18-26(28(32)27(24)31)23-13-9-21(10-14-23)7-8-22-11-15-25(16-12-22)29-34-19-30(33,4-2)20-35-29/h3,7-8,17-18,21-23,25,29H,1,4-6,9-16,19-20H2,2H3/b8-7+. The van der Waals surface area contributed by atoms with Crippen molar-refractivity contribution in [2.75, 3.05) is 13.2 Å². The molecule has 1 aliphatic heterocycles. The zero-order valence-electron chi connectivity index (χ0n) is 21.1. The van der Waals surface area contributed by atoms with Gasteiger partial charge in [-0.25, -0.2) is 13.2 Å². The van der Waals surface area contributed by atoms with Crippen molar-refractivity contribution in [3.63, 3.8) is 0 Å². The normalized spacial score (nSPS) is 34.2. The van der Waals surface area contributed by atoms with Crippen LogP contribution in [0.15, 0.2) is 36.9 Å². The highest BCUT2D eigenvalue weighted by atomic mass is 19.2. The Morgan fingerprint density at radius 3 is 2.09 bits per heavy atom. The molecule has 194 valence electrons. The van der Waals surface area contributed by atoms with Crippen LogP contribution >= 0.6 is 0 Å². The molecule has 0 radical (unpaired) electrons. The number of aryl methyl sites for hydroxylation is 1. The van der Waals surface area contributed by atoms with E-state index in [4.69, 9.17) is 9.47 Å². The van der Waals surface area contributed by atoms with Gasteiger partial charge in [0.2, 0.25) is 0 Å². The van der Waals surface area contributed by atoms with Gasteiger partial charge in [0.05, 0.1) is 13.2 Å². The summed E-state index contributed by atoms with van der Waals surface area (Å²) in [5.74, 6) is 0.207. The first-order chi connectivity index (χ1) is 16.9. The fourth-order valence-electron chi connectivity index (χ4n) is 5.95. The van der Waals surface area contributed by atoms with Gasteiger partial charge in [0.1, 0.15) is 0 Å². The zero-order valence-corrected chi connectivity index (χ0v) is 21.1. The van der Waals surface area contributed by atoms with Crippen molar-refractivity contribution in [1.29, 1.82) is 0 Å². The summed E-state index contributed by atoms with van der Waals surface area (Å²) in [7, 11) is 0. The molecule has 0 unspecified atom stereocenters. The average Bonchev–Trinajstić information content (AvgIpc) is 2.89. The van der Waals surface area contributed by atoms with Gasteiger partial charge < -0.3 is 9.47 Å². The second-order valence-electron chi connectivity index (χ2n) is 10.9. The van der Waals surface area contributed by atoms with Crippen molar-refractivity contribution in [2.45, 2.75) is 95.4 Å². The smallest absolute Gasteiger partial charge is 0.162 e. The number of ether oxygens (including phenoxy) is 2. The van der Waals surface area contributed by atoms with Gasteiger partial charge in [-0.05, 0) is 99.5 Å². The molecule has 0 aromatic heterocycles. The van der Waals surface area contributed by atoms with Gasteiger partial charge in [-0.1, -0.05) is 37.3 Å². The average molecular weight is 491 g/mol. The Morgan fingerprint density at radius 1 is 0.914 bits per heavy atom. The summed E-state index contributed by atoms with van der Waals surface area (Å²) in [6.07, 6.45) is 15.9. The van der Waals surface area contributed by atoms with Gasteiger partial charge in [0.15, 0.2) is 23.6 Å². The van der Waals surface area contributed by atoms with Gasteiger partial charge in [0.25, 0.3) is 0 Å². The summed E-state index contributed by atoms with van der Waals surface area (Å²) in [5.41, 5.74) is -0.346. The van der Waals surface area contributed by atoms with Crippen LogP contribution in [0.4, 0.5) is 13.2 Å². The van der Waals surface area contributed by atoms with E-state index < -0.39 is 17.3 Å². The van der Waals surface area contributed by atoms with Crippen molar-refractivity contribution in [2.24, 2.45) is 17.8 Å². The molecule has 3 aliphatic rings. The highest BCUT2D eigenvalue weighted by molar-refractivity contribution is 5.30. The molecule has 2 nitrogen and oxygen atoms in total. The second-order valence-corrected chi connectivity index (χ2v) is 10.9. The van der Waals surface area contributed by atoms with E-state index in [0.717, 1.165) is 51.4 Å². The number of halogens is 3. The number of hydrogen-bond acceptors (Lipinski definition) is 2. The molecule has 0 N–H and O–H groups in total. The van der Waals surface area contributed by atoms with Crippen LogP contribution in [0.2, 0.25) is 0 Å². The van der Waals surface area contributed by atoms with Crippen LogP contribution < -0.4 is 0 Å². The van der Waals surface area contributed by atoms with Gasteiger partial charge in [0, 0.05) is 5.92 Å². The molecule has 1 saturated heterocycles. The van der Waals surface area contributed by atoms with Crippen molar-refractivity contribution >= 4 is 0 Å². The zero-order chi connectivity index (χ0) is 24.8. The maximum absolute atomic E-state index is 14.7. The second kappa shape index (κ2) is 12.1. The molecule has 0 atom stereocenters. The van der Waals surface area contributed by atoms with E-state index in [2.05, 4.69) is 18.7 Å². The predicted octanol–water partition coefficient (Wildman–Crippen LogP) is 8.21. The third-order valence-corrected chi connectivity index (χ3v) is 8.52. The molecular formula is C30H41F3O2. The number of rotatable bonds is 8. The number of alkyl halides is 1. The number of benzene rings is 1. The minimum atomic E-state index is -1.33. The van der Waals surface area contributed by atoms with Crippen LogP contribution in [0.25, 0.3) is 0 Å². The van der Waals surface area contributed by atoms with Crippen molar-refractivity contribution in [1.82, 2.24) is 0 Å². The summed E-state index contributed by atoms with van der Waals surface area (Å²) in [5, 5.41) is 0. The maximum atomic E-state index is 14.7. The SMILES string of the molecule is C=CCCc1ccc(C2CCC(/C=C/C3CCC(C4OCC(F)(CC)CO4)CC3)CC2)c(F)c1F. The summed E-state index contributed by atoms with van der Waals surface area (Å²) in [6, 6.07) is 3.55. The summed E-state index contributed by atoms with van der Waals surface area (Å²) < 4.78 is 55.0. The fraction of sp³-hybridized carbons (Fsp3) is 0.667. The van der Waals surface area contributed by atoms with E-state index in [1.165, 1.54) is 0 Å². The molecule has 1 aromatic rings. The van der Waals surface area contributed by atoms with Crippen LogP contribution in [0.3, 0.4) is 0 Å². The predicted molar refractivity (Wildman–Crippen MR) is 134 cm³/mol.